The molecular weight excluding hydrogens is 386 g/mol. The van der Waals surface area contributed by atoms with Crippen LogP contribution in [0.2, 0.25) is 0 Å². The van der Waals surface area contributed by atoms with Gasteiger partial charge < -0.3 is 10.2 Å². The molecule has 0 aliphatic carbocycles. The highest BCUT2D eigenvalue weighted by Crippen LogP contribution is 2.20. The maximum Gasteiger partial charge on any atom is 0.224 e. The molecule has 31 heavy (non-hydrogen) atoms. The standard InChI is InChI=1S/C26H33N3O2/c30-25(29-17-14-22-10-4-5-11-23(22)20-29)13-6-15-27-26(31)24-12-7-16-28(19-24)18-21-8-2-1-3-9-21/h1-5,8-11,24H,6-7,12-20H2,(H,27,31). The van der Waals surface area contributed by atoms with Crippen molar-refractivity contribution in [1.82, 2.24) is 15.1 Å². The summed E-state index contributed by atoms with van der Waals surface area (Å²) in [5.41, 5.74) is 3.91. The average molecular weight is 420 g/mol. The third-order valence-electron chi connectivity index (χ3n) is 6.48. The number of carbonyl (C=O) groups excluding carboxylic acids is 2. The maximum atomic E-state index is 12.6. The minimum Gasteiger partial charge on any atom is -0.356 e. The van der Waals surface area contributed by atoms with Crippen LogP contribution in [0.4, 0.5) is 0 Å². The zero-order valence-corrected chi connectivity index (χ0v) is 18.3. The quantitative estimate of drug-likeness (QED) is 0.700. The summed E-state index contributed by atoms with van der Waals surface area (Å²) in [6, 6.07) is 18.8. The summed E-state index contributed by atoms with van der Waals surface area (Å²) in [7, 11) is 0. The fraction of sp³-hybridized carbons (Fsp3) is 0.462. The number of hydrogen-bond acceptors (Lipinski definition) is 3. The van der Waals surface area contributed by atoms with Crippen molar-refractivity contribution in [2.45, 2.75) is 45.2 Å². The SMILES string of the molecule is O=C(NCCCC(=O)N1CCc2ccccc2C1)C1CCCN(Cc2ccccc2)C1. The molecule has 2 heterocycles. The molecule has 1 N–H and O–H groups in total. The Bertz CT molecular complexity index is 883. The zero-order valence-electron chi connectivity index (χ0n) is 18.3. The summed E-state index contributed by atoms with van der Waals surface area (Å²) in [5, 5.41) is 3.07. The molecule has 2 aromatic carbocycles. The van der Waals surface area contributed by atoms with E-state index in [1.165, 1.54) is 16.7 Å². The molecule has 1 unspecified atom stereocenters. The van der Waals surface area contributed by atoms with E-state index in [0.29, 0.717) is 25.9 Å². The fourth-order valence-electron chi connectivity index (χ4n) is 4.72. The van der Waals surface area contributed by atoms with Crippen molar-refractivity contribution >= 4 is 11.8 Å². The summed E-state index contributed by atoms with van der Waals surface area (Å²) < 4.78 is 0. The molecule has 4 rings (SSSR count). The van der Waals surface area contributed by atoms with Crippen molar-refractivity contribution in [1.29, 1.82) is 0 Å². The molecule has 0 saturated carbocycles. The number of likely N-dealkylation sites (tertiary alicyclic amines) is 1. The van der Waals surface area contributed by atoms with Gasteiger partial charge in [0.25, 0.3) is 0 Å². The molecule has 2 aromatic rings. The van der Waals surface area contributed by atoms with Gasteiger partial charge in [0.15, 0.2) is 0 Å². The number of hydrogen-bond donors (Lipinski definition) is 1. The first kappa shape index (κ1) is 21.6. The lowest BCUT2D eigenvalue weighted by molar-refractivity contribution is -0.132. The number of piperidine rings is 1. The molecule has 2 aliphatic heterocycles. The van der Waals surface area contributed by atoms with Gasteiger partial charge in [0, 0.05) is 39.1 Å². The summed E-state index contributed by atoms with van der Waals surface area (Å²) in [4.78, 5) is 29.6. The lowest BCUT2D eigenvalue weighted by atomic mass is 9.96. The van der Waals surface area contributed by atoms with E-state index in [1.807, 2.05) is 17.0 Å². The molecule has 1 fully saturated rings. The van der Waals surface area contributed by atoms with Crippen molar-refractivity contribution in [3.05, 3.63) is 71.3 Å². The Labute approximate surface area is 185 Å². The summed E-state index contributed by atoms with van der Waals surface area (Å²) in [6.07, 6.45) is 4.12. The van der Waals surface area contributed by atoms with E-state index in [2.05, 4.69) is 52.7 Å². The highest BCUT2D eigenvalue weighted by atomic mass is 16.2. The lowest BCUT2D eigenvalue weighted by Crippen LogP contribution is -2.43. The van der Waals surface area contributed by atoms with Gasteiger partial charge in [-0.25, -0.2) is 0 Å². The molecule has 0 radical (unpaired) electrons. The van der Waals surface area contributed by atoms with Crippen molar-refractivity contribution < 1.29 is 9.59 Å². The van der Waals surface area contributed by atoms with Crippen LogP contribution in [-0.4, -0.2) is 47.8 Å². The largest absolute Gasteiger partial charge is 0.356 e. The monoisotopic (exact) mass is 419 g/mol. The molecule has 2 amide bonds. The average Bonchev–Trinajstić information content (AvgIpc) is 2.82. The van der Waals surface area contributed by atoms with E-state index in [1.54, 1.807) is 0 Å². The lowest BCUT2D eigenvalue weighted by Gasteiger charge is -2.32. The predicted molar refractivity (Wildman–Crippen MR) is 122 cm³/mol. The van der Waals surface area contributed by atoms with Crippen molar-refractivity contribution in [3.63, 3.8) is 0 Å². The molecule has 0 spiro atoms. The van der Waals surface area contributed by atoms with Gasteiger partial charge in [-0.3, -0.25) is 14.5 Å². The molecule has 1 atom stereocenters. The Kier molecular flexibility index (Phi) is 7.36. The topological polar surface area (TPSA) is 52.7 Å². The molecule has 164 valence electrons. The first-order valence-electron chi connectivity index (χ1n) is 11.6. The normalized spacial score (nSPS) is 19.0. The van der Waals surface area contributed by atoms with Gasteiger partial charge in [-0.2, -0.15) is 0 Å². The number of carbonyl (C=O) groups is 2. The third kappa shape index (κ3) is 5.95. The van der Waals surface area contributed by atoms with Crippen LogP contribution < -0.4 is 5.32 Å². The highest BCUT2D eigenvalue weighted by molar-refractivity contribution is 5.79. The van der Waals surface area contributed by atoms with E-state index in [4.69, 9.17) is 0 Å². The van der Waals surface area contributed by atoms with Gasteiger partial charge in [-0.05, 0) is 48.9 Å². The van der Waals surface area contributed by atoms with Gasteiger partial charge in [0.1, 0.15) is 0 Å². The predicted octanol–water partition coefficient (Wildman–Crippen LogP) is 3.38. The van der Waals surface area contributed by atoms with Gasteiger partial charge in [-0.1, -0.05) is 54.6 Å². The van der Waals surface area contributed by atoms with Crippen molar-refractivity contribution in [3.8, 4) is 0 Å². The van der Waals surface area contributed by atoms with Crippen molar-refractivity contribution in [2.75, 3.05) is 26.2 Å². The van der Waals surface area contributed by atoms with Crippen LogP contribution in [0, 0.1) is 5.92 Å². The van der Waals surface area contributed by atoms with Crippen LogP contribution in [-0.2, 0) is 29.1 Å². The molecule has 5 nitrogen and oxygen atoms in total. The van der Waals surface area contributed by atoms with Crippen LogP contribution in [0.15, 0.2) is 54.6 Å². The Morgan fingerprint density at radius 2 is 1.74 bits per heavy atom. The number of benzene rings is 2. The number of nitrogens with one attached hydrogen (secondary N) is 1. The van der Waals surface area contributed by atoms with Gasteiger partial charge in [-0.15, -0.1) is 0 Å². The molecule has 5 heteroatoms. The number of rotatable bonds is 7. The van der Waals surface area contributed by atoms with Crippen LogP contribution >= 0.6 is 0 Å². The minimum atomic E-state index is 0.0479. The molecule has 2 aliphatic rings. The van der Waals surface area contributed by atoms with Crippen LogP contribution in [0.3, 0.4) is 0 Å². The Balaban J connectivity index is 1.16. The highest BCUT2D eigenvalue weighted by Gasteiger charge is 2.26. The summed E-state index contributed by atoms with van der Waals surface area (Å²) >= 11 is 0. The second-order valence-corrected chi connectivity index (χ2v) is 8.79. The minimum absolute atomic E-state index is 0.0479. The third-order valence-corrected chi connectivity index (χ3v) is 6.48. The van der Waals surface area contributed by atoms with Gasteiger partial charge >= 0.3 is 0 Å². The smallest absolute Gasteiger partial charge is 0.224 e. The zero-order chi connectivity index (χ0) is 21.5. The van der Waals surface area contributed by atoms with Gasteiger partial charge in [0.2, 0.25) is 11.8 Å². The Morgan fingerprint density at radius 1 is 0.968 bits per heavy atom. The number of amides is 2. The van der Waals surface area contributed by atoms with E-state index in [-0.39, 0.29) is 17.7 Å². The van der Waals surface area contributed by atoms with E-state index in [0.717, 1.165) is 45.4 Å². The Hall–Kier alpha value is -2.66. The second-order valence-electron chi connectivity index (χ2n) is 8.79. The van der Waals surface area contributed by atoms with E-state index < -0.39 is 0 Å². The second kappa shape index (κ2) is 10.6. The summed E-state index contributed by atoms with van der Waals surface area (Å²) in [5.74, 6) is 0.374. The molecule has 0 aromatic heterocycles. The number of nitrogens with zero attached hydrogens (tertiary/aromatic N) is 2. The first-order valence-corrected chi connectivity index (χ1v) is 11.6. The Morgan fingerprint density at radius 3 is 2.58 bits per heavy atom. The van der Waals surface area contributed by atoms with Crippen molar-refractivity contribution in [2.24, 2.45) is 5.92 Å². The molecular formula is C26H33N3O2. The molecule has 1 saturated heterocycles. The van der Waals surface area contributed by atoms with E-state index >= 15 is 0 Å². The molecule has 0 bridgehead atoms. The first-order chi connectivity index (χ1) is 15.2. The fourth-order valence-corrected chi connectivity index (χ4v) is 4.72. The van der Waals surface area contributed by atoms with Crippen LogP contribution in [0.5, 0.6) is 0 Å². The van der Waals surface area contributed by atoms with Crippen LogP contribution in [0.25, 0.3) is 0 Å². The van der Waals surface area contributed by atoms with E-state index in [9.17, 15) is 9.59 Å². The van der Waals surface area contributed by atoms with Gasteiger partial charge in [0.05, 0.1) is 5.92 Å². The maximum absolute atomic E-state index is 12.6. The van der Waals surface area contributed by atoms with Crippen LogP contribution in [0.1, 0.15) is 42.4 Å². The summed E-state index contributed by atoms with van der Waals surface area (Å²) in [6.45, 7) is 4.84. The number of fused-ring (bicyclic) bond motifs is 1.